The van der Waals surface area contributed by atoms with Crippen molar-refractivity contribution in [2.24, 2.45) is 0 Å². The van der Waals surface area contributed by atoms with E-state index >= 15 is 0 Å². The van der Waals surface area contributed by atoms with E-state index < -0.39 is 0 Å². The molecule has 0 saturated carbocycles. The fourth-order valence-electron chi connectivity index (χ4n) is 2.14. The van der Waals surface area contributed by atoms with Crippen LogP contribution in [-0.2, 0) is 0 Å². The molecule has 2 rings (SSSR count). The Morgan fingerprint density at radius 2 is 2.53 bits per heavy atom. The number of hydrogen-bond donors (Lipinski definition) is 0. The molecule has 82 valence electrons. The SMILES string of the molecule is CCN1CCCC1c1cc(C(C)=O)no1. The molecule has 1 aromatic heterocycles. The van der Waals surface area contributed by atoms with Crippen LogP contribution in [0.5, 0.6) is 0 Å². The van der Waals surface area contributed by atoms with Gasteiger partial charge in [-0.1, -0.05) is 12.1 Å². The minimum absolute atomic E-state index is 0.0361. The molecule has 0 spiro atoms. The van der Waals surface area contributed by atoms with Gasteiger partial charge in [0.25, 0.3) is 0 Å². The first-order valence-electron chi connectivity index (χ1n) is 5.44. The van der Waals surface area contributed by atoms with Gasteiger partial charge in [0, 0.05) is 13.0 Å². The van der Waals surface area contributed by atoms with Gasteiger partial charge in [-0.05, 0) is 25.9 Å². The van der Waals surface area contributed by atoms with E-state index in [2.05, 4.69) is 17.0 Å². The zero-order valence-corrected chi connectivity index (χ0v) is 9.19. The maximum absolute atomic E-state index is 11.1. The Balaban J connectivity index is 2.18. The van der Waals surface area contributed by atoms with E-state index in [0.29, 0.717) is 11.7 Å². The Hall–Kier alpha value is -1.16. The number of ketones is 1. The number of rotatable bonds is 3. The number of hydrogen-bond acceptors (Lipinski definition) is 4. The van der Waals surface area contributed by atoms with Gasteiger partial charge in [0.05, 0.1) is 6.04 Å². The summed E-state index contributed by atoms with van der Waals surface area (Å²) < 4.78 is 5.23. The van der Waals surface area contributed by atoms with Crippen LogP contribution in [0.4, 0.5) is 0 Å². The maximum atomic E-state index is 11.1. The molecule has 1 unspecified atom stereocenters. The average Bonchev–Trinajstić information content (AvgIpc) is 2.85. The third kappa shape index (κ3) is 1.95. The highest BCUT2D eigenvalue weighted by molar-refractivity contribution is 5.91. The molecule has 1 fully saturated rings. The lowest BCUT2D eigenvalue weighted by Crippen LogP contribution is -2.22. The Morgan fingerprint density at radius 1 is 1.73 bits per heavy atom. The first-order chi connectivity index (χ1) is 7.22. The van der Waals surface area contributed by atoms with Crippen LogP contribution >= 0.6 is 0 Å². The summed E-state index contributed by atoms with van der Waals surface area (Å²) in [5.41, 5.74) is 0.438. The van der Waals surface area contributed by atoms with Gasteiger partial charge in [-0.15, -0.1) is 0 Å². The minimum atomic E-state index is -0.0361. The molecule has 1 aliphatic heterocycles. The molecule has 4 nitrogen and oxygen atoms in total. The highest BCUT2D eigenvalue weighted by Crippen LogP contribution is 2.31. The van der Waals surface area contributed by atoms with E-state index in [1.807, 2.05) is 0 Å². The van der Waals surface area contributed by atoms with Gasteiger partial charge in [0.1, 0.15) is 5.69 Å². The molecule has 0 amide bonds. The van der Waals surface area contributed by atoms with E-state index in [9.17, 15) is 4.79 Å². The third-order valence-corrected chi connectivity index (χ3v) is 2.99. The zero-order chi connectivity index (χ0) is 10.8. The van der Waals surface area contributed by atoms with E-state index in [1.165, 1.54) is 13.3 Å². The molecule has 1 aliphatic rings. The fourth-order valence-corrected chi connectivity index (χ4v) is 2.14. The summed E-state index contributed by atoms with van der Waals surface area (Å²) in [4.78, 5) is 13.4. The number of aromatic nitrogens is 1. The molecule has 1 atom stereocenters. The smallest absolute Gasteiger partial charge is 0.181 e. The molecule has 1 saturated heterocycles. The quantitative estimate of drug-likeness (QED) is 0.713. The summed E-state index contributed by atoms with van der Waals surface area (Å²) >= 11 is 0. The van der Waals surface area contributed by atoms with E-state index in [4.69, 9.17) is 4.52 Å². The highest BCUT2D eigenvalue weighted by atomic mass is 16.5. The van der Waals surface area contributed by atoms with Crippen molar-refractivity contribution in [3.8, 4) is 0 Å². The highest BCUT2D eigenvalue weighted by Gasteiger charge is 2.28. The second-order valence-corrected chi connectivity index (χ2v) is 3.96. The van der Waals surface area contributed by atoms with Crippen LogP contribution in [-0.4, -0.2) is 28.9 Å². The molecule has 0 radical (unpaired) electrons. The molecule has 0 aliphatic carbocycles. The van der Waals surface area contributed by atoms with Crippen LogP contribution in [0.25, 0.3) is 0 Å². The zero-order valence-electron chi connectivity index (χ0n) is 9.19. The first-order valence-corrected chi connectivity index (χ1v) is 5.44. The van der Waals surface area contributed by atoms with Crippen molar-refractivity contribution in [2.45, 2.75) is 32.7 Å². The third-order valence-electron chi connectivity index (χ3n) is 2.99. The molecule has 0 bridgehead atoms. The number of carbonyl (C=O) groups is 1. The van der Waals surface area contributed by atoms with Crippen LogP contribution in [0, 0.1) is 0 Å². The van der Waals surface area contributed by atoms with E-state index in [-0.39, 0.29) is 5.78 Å². The largest absolute Gasteiger partial charge is 0.359 e. The van der Waals surface area contributed by atoms with Crippen molar-refractivity contribution in [3.05, 3.63) is 17.5 Å². The molecule has 4 heteroatoms. The molecular weight excluding hydrogens is 192 g/mol. The Bertz CT molecular complexity index is 359. The summed E-state index contributed by atoms with van der Waals surface area (Å²) in [6.07, 6.45) is 2.29. The summed E-state index contributed by atoms with van der Waals surface area (Å²) in [7, 11) is 0. The average molecular weight is 208 g/mol. The second-order valence-electron chi connectivity index (χ2n) is 3.96. The normalized spacial score (nSPS) is 22.1. The number of Topliss-reactive ketones (excluding diaryl/α,β-unsaturated/α-hetero) is 1. The van der Waals surface area contributed by atoms with Crippen molar-refractivity contribution in [1.82, 2.24) is 10.1 Å². The molecule has 0 N–H and O–H groups in total. The Labute approximate surface area is 89.2 Å². The van der Waals surface area contributed by atoms with Crippen LogP contribution < -0.4 is 0 Å². The van der Waals surface area contributed by atoms with Gasteiger partial charge in [-0.2, -0.15) is 0 Å². The van der Waals surface area contributed by atoms with Crippen LogP contribution in [0.1, 0.15) is 49.0 Å². The first kappa shape index (κ1) is 10.4. The van der Waals surface area contributed by atoms with Crippen molar-refractivity contribution in [3.63, 3.8) is 0 Å². The lowest BCUT2D eigenvalue weighted by Gasteiger charge is -2.19. The Morgan fingerprint density at radius 3 is 3.13 bits per heavy atom. The number of likely N-dealkylation sites (tertiary alicyclic amines) is 1. The van der Waals surface area contributed by atoms with Crippen LogP contribution in [0.15, 0.2) is 10.6 Å². The Kier molecular flexibility index (Phi) is 2.86. The van der Waals surface area contributed by atoms with Gasteiger partial charge in [-0.25, -0.2) is 0 Å². The van der Waals surface area contributed by atoms with Gasteiger partial charge in [-0.3, -0.25) is 9.69 Å². The minimum Gasteiger partial charge on any atom is -0.359 e. The molecule has 0 aromatic carbocycles. The summed E-state index contributed by atoms with van der Waals surface area (Å²) in [6.45, 7) is 5.77. The molecule has 2 heterocycles. The fraction of sp³-hybridized carbons (Fsp3) is 0.636. The number of carbonyl (C=O) groups excluding carboxylic acids is 1. The lowest BCUT2D eigenvalue weighted by atomic mass is 10.1. The van der Waals surface area contributed by atoms with Crippen LogP contribution in [0.3, 0.4) is 0 Å². The molecular formula is C11H16N2O2. The summed E-state index contributed by atoms with van der Waals surface area (Å²) in [6, 6.07) is 2.09. The standard InChI is InChI=1S/C11H16N2O2/c1-3-13-6-4-5-10(13)11-7-9(8(2)14)12-15-11/h7,10H,3-6H2,1-2H3. The predicted octanol–water partition coefficient (Wildman–Crippen LogP) is 2.03. The topological polar surface area (TPSA) is 46.3 Å². The molecule has 1 aromatic rings. The van der Waals surface area contributed by atoms with E-state index in [1.54, 1.807) is 6.07 Å². The monoisotopic (exact) mass is 208 g/mol. The van der Waals surface area contributed by atoms with Crippen molar-refractivity contribution in [2.75, 3.05) is 13.1 Å². The van der Waals surface area contributed by atoms with Gasteiger partial charge in [0.15, 0.2) is 11.5 Å². The second kappa shape index (κ2) is 4.14. The summed E-state index contributed by atoms with van der Waals surface area (Å²) in [5, 5.41) is 3.78. The van der Waals surface area contributed by atoms with Gasteiger partial charge < -0.3 is 4.52 Å². The van der Waals surface area contributed by atoms with Crippen molar-refractivity contribution in [1.29, 1.82) is 0 Å². The number of nitrogens with zero attached hydrogens (tertiary/aromatic N) is 2. The van der Waals surface area contributed by atoms with E-state index in [0.717, 1.165) is 25.3 Å². The molecule has 15 heavy (non-hydrogen) atoms. The predicted molar refractivity (Wildman–Crippen MR) is 55.7 cm³/mol. The van der Waals surface area contributed by atoms with Crippen molar-refractivity contribution >= 4 is 5.78 Å². The van der Waals surface area contributed by atoms with Gasteiger partial charge in [0.2, 0.25) is 0 Å². The van der Waals surface area contributed by atoms with Crippen LogP contribution in [0.2, 0.25) is 0 Å². The van der Waals surface area contributed by atoms with Gasteiger partial charge >= 0.3 is 0 Å². The summed E-state index contributed by atoms with van der Waals surface area (Å²) in [5.74, 6) is 0.797. The maximum Gasteiger partial charge on any atom is 0.181 e. The van der Waals surface area contributed by atoms with Crippen molar-refractivity contribution < 1.29 is 9.32 Å². The lowest BCUT2D eigenvalue weighted by molar-refractivity contribution is 0.100.